The van der Waals surface area contributed by atoms with Crippen molar-refractivity contribution in [3.8, 4) is 0 Å². The normalized spacial score (nSPS) is 16.0. The summed E-state index contributed by atoms with van der Waals surface area (Å²) in [4.78, 5) is 19.7. The minimum absolute atomic E-state index is 0.0951. The van der Waals surface area contributed by atoms with Crippen LogP contribution in [0.4, 0.5) is 0 Å². The smallest absolute Gasteiger partial charge is 0.272 e. The van der Waals surface area contributed by atoms with Gasteiger partial charge in [-0.05, 0) is 47.4 Å². The first kappa shape index (κ1) is 15.5. The molecule has 118 valence electrons. The third kappa shape index (κ3) is 3.03. The van der Waals surface area contributed by atoms with Crippen molar-refractivity contribution in [3.05, 3.63) is 34.2 Å². The summed E-state index contributed by atoms with van der Waals surface area (Å²) >= 11 is 3.49. The highest BCUT2D eigenvalue weighted by Crippen LogP contribution is 2.20. The lowest BCUT2D eigenvalue weighted by Gasteiger charge is -2.20. The van der Waals surface area contributed by atoms with Crippen molar-refractivity contribution in [1.82, 2.24) is 19.6 Å². The molecule has 1 N–H and O–H groups in total. The van der Waals surface area contributed by atoms with E-state index in [4.69, 9.17) is 0 Å². The number of amides is 1. The number of fused-ring (bicyclic) bond motifs is 1. The van der Waals surface area contributed by atoms with Crippen LogP contribution < -0.4 is 5.32 Å². The number of aryl methyl sites for hydroxylation is 1. The van der Waals surface area contributed by atoms with Crippen LogP contribution in [-0.2, 0) is 6.42 Å². The zero-order valence-electron chi connectivity index (χ0n) is 12.8. The third-order valence-corrected chi connectivity index (χ3v) is 4.44. The summed E-state index contributed by atoms with van der Waals surface area (Å²) in [6.45, 7) is 5.51. The van der Waals surface area contributed by atoms with Gasteiger partial charge in [-0.15, -0.1) is 0 Å². The van der Waals surface area contributed by atoms with Gasteiger partial charge >= 0.3 is 0 Å². The molecule has 1 aliphatic heterocycles. The summed E-state index contributed by atoms with van der Waals surface area (Å²) in [6.07, 6.45) is 4.74. The molecule has 0 saturated carbocycles. The predicted molar refractivity (Wildman–Crippen MR) is 90.3 cm³/mol. The summed E-state index contributed by atoms with van der Waals surface area (Å²) < 4.78 is 2.88. The lowest BCUT2D eigenvalue weighted by molar-refractivity contribution is 0.0758. The van der Waals surface area contributed by atoms with Crippen LogP contribution in [0.15, 0.2) is 22.8 Å². The van der Waals surface area contributed by atoms with Crippen LogP contribution in [0.1, 0.15) is 35.9 Å². The van der Waals surface area contributed by atoms with E-state index >= 15 is 0 Å². The van der Waals surface area contributed by atoms with Gasteiger partial charge in [-0.2, -0.15) is 0 Å². The van der Waals surface area contributed by atoms with Crippen LogP contribution in [0, 0.1) is 0 Å². The number of hydrogen-bond acceptors (Lipinski definition) is 3. The van der Waals surface area contributed by atoms with Crippen LogP contribution >= 0.6 is 15.9 Å². The van der Waals surface area contributed by atoms with Crippen LogP contribution in [0.2, 0.25) is 0 Å². The molecule has 22 heavy (non-hydrogen) atoms. The van der Waals surface area contributed by atoms with Crippen molar-refractivity contribution >= 4 is 27.5 Å². The van der Waals surface area contributed by atoms with Crippen LogP contribution in [0.25, 0.3) is 5.65 Å². The fourth-order valence-corrected chi connectivity index (χ4v) is 3.24. The number of pyridine rings is 1. The van der Waals surface area contributed by atoms with Crippen molar-refractivity contribution in [3.63, 3.8) is 0 Å². The predicted octanol–water partition coefficient (Wildman–Crippen LogP) is 2.48. The Balaban J connectivity index is 2.04. The molecular formula is C16H21BrN4O. The highest BCUT2D eigenvalue weighted by atomic mass is 79.9. The summed E-state index contributed by atoms with van der Waals surface area (Å²) in [6, 6.07) is 3.91. The second kappa shape index (κ2) is 6.79. The summed E-state index contributed by atoms with van der Waals surface area (Å²) in [5, 5.41) is 3.34. The van der Waals surface area contributed by atoms with Gasteiger partial charge in [0.15, 0.2) is 0 Å². The quantitative estimate of drug-likeness (QED) is 0.909. The van der Waals surface area contributed by atoms with Crippen molar-refractivity contribution in [2.75, 3.05) is 26.2 Å². The van der Waals surface area contributed by atoms with E-state index in [0.717, 1.165) is 66.9 Å². The maximum atomic E-state index is 13.1. The third-order valence-electron chi connectivity index (χ3n) is 3.97. The van der Waals surface area contributed by atoms with Gasteiger partial charge in [0.2, 0.25) is 0 Å². The molecule has 1 fully saturated rings. The van der Waals surface area contributed by atoms with E-state index in [1.54, 1.807) is 0 Å². The molecule has 5 nitrogen and oxygen atoms in total. The molecular weight excluding hydrogens is 344 g/mol. The SMILES string of the molecule is CCCc1nc2ccc(Br)cn2c1C(=O)N1CCCNCC1. The van der Waals surface area contributed by atoms with E-state index in [2.05, 4.69) is 33.2 Å². The fourth-order valence-electron chi connectivity index (χ4n) is 2.90. The first-order chi connectivity index (χ1) is 10.7. The molecule has 3 heterocycles. The summed E-state index contributed by atoms with van der Waals surface area (Å²) in [7, 11) is 0. The monoisotopic (exact) mass is 364 g/mol. The highest BCUT2D eigenvalue weighted by molar-refractivity contribution is 9.10. The molecule has 0 unspecified atom stereocenters. The molecule has 1 amide bonds. The first-order valence-electron chi connectivity index (χ1n) is 7.87. The molecule has 0 aliphatic carbocycles. The Morgan fingerprint density at radius 2 is 2.23 bits per heavy atom. The molecule has 1 saturated heterocycles. The lowest BCUT2D eigenvalue weighted by Crippen LogP contribution is -2.35. The molecule has 6 heteroatoms. The Labute approximate surface area is 138 Å². The van der Waals surface area contributed by atoms with Gasteiger partial charge in [0.25, 0.3) is 5.91 Å². The number of halogens is 1. The number of carbonyl (C=O) groups is 1. The zero-order chi connectivity index (χ0) is 15.5. The summed E-state index contributed by atoms with van der Waals surface area (Å²) in [5.74, 6) is 0.0951. The Hall–Kier alpha value is -1.40. The Morgan fingerprint density at radius 1 is 1.36 bits per heavy atom. The van der Waals surface area contributed by atoms with Gasteiger partial charge in [-0.3, -0.25) is 9.20 Å². The van der Waals surface area contributed by atoms with E-state index < -0.39 is 0 Å². The average Bonchev–Trinajstić information content (AvgIpc) is 2.69. The van der Waals surface area contributed by atoms with E-state index in [9.17, 15) is 4.79 Å². The van der Waals surface area contributed by atoms with Crippen molar-refractivity contribution in [2.45, 2.75) is 26.2 Å². The van der Waals surface area contributed by atoms with E-state index in [0.29, 0.717) is 0 Å². The molecule has 3 rings (SSSR count). The molecule has 0 aromatic carbocycles. The second-order valence-corrected chi connectivity index (χ2v) is 6.54. The van der Waals surface area contributed by atoms with Gasteiger partial charge in [0.1, 0.15) is 11.3 Å². The lowest BCUT2D eigenvalue weighted by atomic mass is 10.2. The van der Waals surface area contributed by atoms with Gasteiger partial charge in [-0.1, -0.05) is 13.3 Å². The van der Waals surface area contributed by atoms with Crippen LogP contribution in [0.5, 0.6) is 0 Å². The molecule has 1 aliphatic rings. The number of carbonyl (C=O) groups excluding carboxylic acids is 1. The van der Waals surface area contributed by atoms with E-state index in [-0.39, 0.29) is 5.91 Å². The molecule has 0 bridgehead atoms. The number of rotatable bonds is 3. The number of hydrogen-bond donors (Lipinski definition) is 1. The maximum absolute atomic E-state index is 13.1. The number of nitrogens with zero attached hydrogens (tertiary/aromatic N) is 3. The Kier molecular flexibility index (Phi) is 4.78. The number of nitrogens with one attached hydrogen (secondary N) is 1. The number of aromatic nitrogens is 2. The highest BCUT2D eigenvalue weighted by Gasteiger charge is 2.24. The van der Waals surface area contributed by atoms with Crippen molar-refractivity contribution in [2.24, 2.45) is 0 Å². The second-order valence-electron chi connectivity index (χ2n) is 5.63. The Bertz CT molecular complexity index is 674. The molecule has 0 radical (unpaired) electrons. The molecule has 2 aromatic rings. The molecule has 0 atom stereocenters. The van der Waals surface area contributed by atoms with E-state index in [1.807, 2.05) is 27.6 Å². The van der Waals surface area contributed by atoms with Gasteiger partial charge in [0.05, 0.1) is 5.69 Å². The molecule has 0 spiro atoms. The minimum atomic E-state index is 0.0951. The number of imidazole rings is 1. The zero-order valence-corrected chi connectivity index (χ0v) is 14.4. The topological polar surface area (TPSA) is 49.6 Å². The first-order valence-corrected chi connectivity index (χ1v) is 8.66. The standard InChI is InChI=1S/C16H21BrN4O/c1-2-4-13-15(16(22)20-9-3-7-18-8-10-20)21-11-12(17)5-6-14(21)19-13/h5-6,11,18H,2-4,7-10H2,1H3. The maximum Gasteiger partial charge on any atom is 0.272 e. The van der Waals surface area contributed by atoms with Crippen LogP contribution in [-0.4, -0.2) is 46.4 Å². The van der Waals surface area contributed by atoms with Gasteiger partial charge < -0.3 is 10.2 Å². The Morgan fingerprint density at radius 3 is 3.05 bits per heavy atom. The van der Waals surface area contributed by atoms with Gasteiger partial charge in [-0.25, -0.2) is 4.98 Å². The fraction of sp³-hybridized carbons (Fsp3) is 0.500. The average molecular weight is 365 g/mol. The largest absolute Gasteiger partial charge is 0.336 e. The van der Waals surface area contributed by atoms with Crippen molar-refractivity contribution in [1.29, 1.82) is 0 Å². The molecule has 2 aromatic heterocycles. The minimum Gasteiger partial charge on any atom is -0.336 e. The van der Waals surface area contributed by atoms with Crippen LogP contribution in [0.3, 0.4) is 0 Å². The summed E-state index contributed by atoms with van der Waals surface area (Å²) in [5.41, 5.74) is 2.46. The van der Waals surface area contributed by atoms with Crippen molar-refractivity contribution < 1.29 is 4.79 Å². The van der Waals surface area contributed by atoms with E-state index in [1.165, 1.54) is 0 Å². The van der Waals surface area contributed by atoms with Gasteiger partial charge in [0, 0.05) is 30.3 Å².